The molecule has 4 rings (SSSR count). The molecule has 3 aromatic rings. The van der Waals surface area contributed by atoms with Gasteiger partial charge >= 0.3 is 0 Å². The molecule has 174 valence electrons. The second kappa shape index (κ2) is 9.65. The topological polar surface area (TPSA) is 109 Å². The van der Waals surface area contributed by atoms with Gasteiger partial charge in [-0.3, -0.25) is 19.0 Å². The maximum atomic E-state index is 14.0. The molecule has 0 spiro atoms. The summed E-state index contributed by atoms with van der Waals surface area (Å²) in [6.45, 7) is 5.21. The zero-order valence-corrected chi connectivity index (χ0v) is 19.2. The number of hydrogen-bond acceptors (Lipinski definition) is 7. The first-order valence-electron chi connectivity index (χ1n) is 10.8. The Bertz CT molecular complexity index is 1260. The minimum absolute atomic E-state index is 0.0276. The predicted molar refractivity (Wildman–Crippen MR) is 125 cm³/mol. The Morgan fingerprint density at radius 2 is 2.15 bits per heavy atom. The largest absolute Gasteiger partial charge is 0.356 e. The number of carbonyl (C=O) groups excluding carboxylic acids is 2. The average Bonchev–Trinajstić information content (AvgIpc) is 3.23. The van der Waals surface area contributed by atoms with Gasteiger partial charge < -0.3 is 15.5 Å². The maximum absolute atomic E-state index is 14.0. The van der Waals surface area contributed by atoms with Gasteiger partial charge in [-0.05, 0) is 44.4 Å². The second-order valence-electron chi connectivity index (χ2n) is 8.04. The molecule has 0 bridgehead atoms. The van der Waals surface area contributed by atoms with Gasteiger partial charge in [0.25, 0.3) is 5.56 Å². The number of rotatable bonds is 6. The first-order valence-corrected chi connectivity index (χ1v) is 11.6. The van der Waals surface area contributed by atoms with Crippen molar-refractivity contribution >= 4 is 44.3 Å². The number of carbonyl (C=O) groups is 2. The van der Waals surface area contributed by atoms with Gasteiger partial charge in [0.1, 0.15) is 23.4 Å². The smallest absolute Gasteiger partial charge is 0.273 e. The Morgan fingerprint density at radius 3 is 2.91 bits per heavy atom. The molecule has 1 aliphatic heterocycles. The summed E-state index contributed by atoms with van der Waals surface area (Å²) in [7, 11) is 0. The van der Waals surface area contributed by atoms with Crippen LogP contribution in [-0.4, -0.2) is 46.0 Å². The van der Waals surface area contributed by atoms with E-state index in [9.17, 15) is 18.8 Å². The highest BCUT2D eigenvalue weighted by molar-refractivity contribution is 7.22. The molecule has 1 saturated heterocycles. The summed E-state index contributed by atoms with van der Waals surface area (Å²) >= 11 is 1.20. The Labute approximate surface area is 193 Å². The van der Waals surface area contributed by atoms with Crippen LogP contribution in [0.2, 0.25) is 0 Å². The maximum Gasteiger partial charge on any atom is 0.273 e. The van der Waals surface area contributed by atoms with E-state index in [2.05, 4.69) is 20.6 Å². The quantitative estimate of drug-likeness (QED) is 0.570. The van der Waals surface area contributed by atoms with Crippen molar-refractivity contribution in [1.29, 1.82) is 0 Å². The number of aromatic nitrogens is 3. The SMILES string of the molecule is CCNC(=O)[C@@H]1CCCN(c2nc3ncn(CC(=O)Nc4ccc(C)cc4F)c(=O)c3s2)C1. The van der Waals surface area contributed by atoms with Gasteiger partial charge in [-0.25, -0.2) is 9.37 Å². The van der Waals surface area contributed by atoms with Crippen molar-refractivity contribution in [2.24, 2.45) is 5.92 Å². The first-order chi connectivity index (χ1) is 15.9. The van der Waals surface area contributed by atoms with Crippen molar-refractivity contribution < 1.29 is 14.0 Å². The van der Waals surface area contributed by atoms with E-state index in [0.717, 1.165) is 24.9 Å². The summed E-state index contributed by atoms with van der Waals surface area (Å²) in [4.78, 5) is 48.3. The molecule has 1 aliphatic rings. The van der Waals surface area contributed by atoms with Gasteiger partial charge in [0, 0.05) is 19.6 Å². The molecular weight excluding hydrogens is 447 g/mol. The molecule has 0 unspecified atom stereocenters. The molecule has 1 aromatic carbocycles. The van der Waals surface area contributed by atoms with Gasteiger partial charge in [-0.2, -0.15) is 4.98 Å². The van der Waals surface area contributed by atoms with Crippen LogP contribution in [0.3, 0.4) is 0 Å². The van der Waals surface area contributed by atoms with E-state index >= 15 is 0 Å². The van der Waals surface area contributed by atoms with Crippen LogP contribution >= 0.6 is 11.3 Å². The number of nitrogens with one attached hydrogen (secondary N) is 2. The van der Waals surface area contributed by atoms with Crippen molar-refractivity contribution in [1.82, 2.24) is 19.9 Å². The van der Waals surface area contributed by atoms with Crippen LogP contribution in [0.25, 0.3) is 10.3 Å². The van der Waals surface area contributed by atoms with Crippen LogP contribution in [0.1, 0.15) is 25.3 Å². The highest BCUT2D eigenvalue weighted by Crippen LogP contribution is 2.29. The summed E-state index contributed by atoms with van der Waals surface area (Å²) in [6, 6.07) is 4.49. The molecule has 0 aliphatic carbocycles. The zero-order chi connectivity index (χ0) is 23.5. The standard InChI is InChI=1S/C22H25FN6O3S/c1-3-24-20(31)14-5-4-8-28(10-14)22-27-19-18(33-22)21(32)29(12-25-19)11-17(30)26-16-7-6-13(2)9-15(16)23/h6-7,9,12,14H,3-5,8,10-11H2,1-2H3,(H,24,31)(H,26,30)/t14-/m1/s1. The van der Waals surface area contributed by atoms with E-state index in [1.165, 1.54) is 34.4 Å². The molecule has 1 fully saturated rings. The third kappa shape index (κ3) is 5.03. The van der Waals surface area contributed by atoms with E-state index in [0.29, 0.717) is 28.6 Å². The van der Waals surface area contributed by atoms with E-state index in [4.69, 9.17) is 0 Å². The van der Waals surface area contributed by atoms with Crippen molar-refractivity contribution in [2.45, 2.75) is 33.2 Å². The number of piperidine rings is 1. The highest BCUT2D eigenvalue weighted by atomic mass is 32.1. The van der Waals surface area contributed by atoms with Gasteiger partial charge in [-0.1, -0.05) is 17.4 Å². The van der Waals surface area contributed by atoms with E-state index in [-0.39, 0.29) is 29.6 Å². The Morgan fingerprint density at radius 1 is 1.33 bits per heavy atom. The van der Waals surface area contributed by atoms with Gasteiger partial charge in [0.05, 0.1) is 11.6 Å². The van der Waals surface area contributed by atoms with Crippen molar-refractivity contribution in [3.05, 3.63) is 46.3 Å². The number of nitrogens with zero attached hydrogens (tertiary/aromatic N) is 4. The molecular formula is C22H25FN6O3S. The van der Waals surface area contributed by atoms with Crippen molar-refractivity contribution in [3.8, 4) is 0 Å². The predicted octanol–water partition coefficient (Wildman–Crippen LogP) is 2.29. The fourth-order valence-electron chi connectivity index (χ4n) is 3.83. The number of amides is 2. The Kier molecular flexibility index (Phi) is 6.68. The molecule has 33 heavy (non-hydrogen) atoms. The average molecular weight is 473 g/mol. The molecule has 3 heterocycles. The van der Waals surface area contributed by atoms with Crippen LogP contribution in [0.15, 0.2) is 29.3 Å². The monoisotopic (exact) mass is 472 g/mol. The summed E-state index contributed by atoms with van der Waals surface area (Å²) in [6.07, 6.45) is 2.94. The number of thiazole rings is 1. The first kappa shape index (κ1) is 22.8. The van der Waals surface area contributed by atoms with Crippen molar-refractivity contribution in [2.75, 3.05) is 29.9 Å². The number of aryl methyl sites for hydroxylation is 1. The molecule has 2 amide bonds. The number of benzene rings is 1. The number of anilines is 2. The molecule has 9 nitrogen and oxygen atoms in total. The third-order valence-electron chi connectivity index (χ3n) is 5.50. The second-order valence-corrected chi connectivity index (χ2v) is 9.02. The Balaban J connectivity index is 1.50. The van der Waals surface area contributed by atoms with Crippen LogP contribution in [-0.2, 0) is 16.1 Å². The lowest BCUT2D eigenvalue weighted by molar-refractivity contribution is -0.125. The summed E-state index contributed by atoms with van der Waals surface area (Å²) < 4.78 is 15.5. The van der Waals surface area contributed by atoms with Crippen LogP contribution in [0.4, 0.5) is 15.2 Å². The van der Waals surface area contributed by atoms with Crippen LogP contribution in [0, 0.1) is 18.7 Å². The molecule has 1 atom stereocenters. The minimum Gasteiger partial charge on any atom is -0.356 e. The van der Waals surface area contributed by atoms with E-state index < -0.39 is 11.7 Å². The van der Waals surface area contributed by atoms with E-state index in [1.54, 1.807) is 13.0 Å². The lowest BCUT2D eigenvalue weighted by atomic mass is 9.97. The molecule has 11 heteroatoms. The zero-order valence-electron chi connectivity index (χ0n) is 18.4. The Hall–Kier alpha value is -3.34. The fourth-order valence-corrected chi connectivity index (χ4v) is 4.84. The number of fused-ring (bicyclic) bond motifs is 1. The van der Waals surface area contributed by atoms with Gasteiger partial charge in [-0.15, -0.1) is 0 Å². The molecule has 0 saturated carbocycles. The molecule has 2 aromatic heterocycles. The fraction of sp³-hybridized carbons (Fsp3) is 0.409. The van der Waals surface area contributed by atoms with Crippen LogP contribution in [0.5, 0.6) is 0 Å². The normalized spacial score (nSPS) is 16.1. The highest BCUT2D eigenvalue weighted by Gasteiger charge is 2.27. The van der Waals surface area contributed by atoms with E-state index in [1.807, 2.05) is 11.8 Å². The van der Waals surface area contributed by atoms with Crippen LogP contribution < -0.4 is 21.1 Å². The molecule has 0 radical (unpaired) electrons. The summed E-state index contributed by atoms with van der Waals surface area (Å²) in [5.74, 6) is -1.17. The summed E-state index contributed by atoms with van der Waals surface area (Å²) in [5.41, 5.74) is 0.713. The lowest BCUT2D eigenvalue weighted by Crippen LogP contribution is -2.43. The summed E-state index contributed by atoms with van der Waals surface area (Å²) in [5, 5.41) is 5.98. The molecule has 2 N–H and O–H groups in total. The lowest BCUT2D eigenvalue weighted by Gasteiger charge is -2.31. The minimum atomic E-state index is -0.538. The van der Waals surface area contributed by atoms with Crippen molar-refractivity contribution in [3.63, 3.8) is 0 Å². The number of hydrogen-bond donors (Lipinski definition) is 2. The van der Waals surface area contributed by atoms with Gasteiger partial charge in [0.15, 0.2) is 10.8 Å². The third-order valence-corrected chi connectivity index (χ3v) is 6.59. The van der Waals surface area contributed by atoms with Gasteiger partial charge in [0.2, 0.25) is 11.8 Å². The number of halogens is 1.